The Bertz CT molecular complexity index is 475. The first-order chi connectivity index (χ1) is 10.1. The highest BCUT2D eigenvalue weighted by Gasteiger charge is 2.17. The zero-order valence-corrected chi connectivity index (χ0v) is 13.7. The normalized spacial score (nSPS) is 19.8. The highest BCUT2D eigenvalue weighted by atomic mass is 32.2. The minimum absolute atomic E-state index is 0.0691. The Morgan fingerprint density at radius 3 is 3.00 bits per heavy atom. The number of thioether (sulfide) groups is 1. The van der Waals surface area contributed by atoms with Crippen molar-refractivity contribution in [1.29, 1.82) is 0 Å². The van der Waals surface area contributed by atoms with Gasteiger partial charge < -0.3 is 14.6 Å². The minimum atomic E-state index is -0.797. The summed E-state index contributed by atoms with van der Waals surface area (Å²) in [5.41, 5.74) is 1.11. The molecule has 0 aromatic carbocycles. The van der Waals surface area contributed by atoms with Gasteiger partial charge in [0.15, 0.2) is 5.16 Å². The summed E-state index contributed by atoms with van der Waals surface area (Å²) in [6.45, 7) is 7.58. The average molecular weight is 311 g/mol. The Balaban J connectivity index is 1.84. The summed E-state index contributed by atoms with van der Waals surface area (Å²) in [4.78, 5) is 17.6. The van der Waals surface area contributed by atoms with Gasteiger partial charge in [0.1, 0.15) is 0 Å². The fourth-order valence-corrected chi connectivity index (χ4v) is 3.64. The van der Waals surface area contributed by atoms with Crippen molar-refractivity contribution in [2.75, 3.05) is 18.8 Å². The Kier molecular flexibility index (Phi) is 6.11. The molecule has 1 N–H and O–H groups in total. The topological polar surface area (TPSA) is 58.4 Å². The van der Waals surface area contributed by atoms with Crippen molar-refractivity contribution in [1.82, 2.24) is 14.5 Å². The third-order valence-corrected chi connectivity index (χ3v) is 5.09. The largest absolute Gasteiger partial charge is 0.481 e. The van der Waals surface area contributed by atoms with Gasteiger partial charge in [-0.1, -0.05) is 18.2 Å². The van der Waals surface area contributed by atoms with Crippen LogP contribution < -0.4 is 0 Å². The highest BCUT2D eigenvalue weighted by molar-refractivity contribution is 7.99. The quantitative estimate of drug-likeness (QED) is 0.785. The van der Waals surface area contributed by atoms with Crippen molar-refractivity contribution in [3.63, 3.8) is 0 Å². The molecule has 0 amide bonds. The molecule has 1 aromatic heterocycles. The lowest BCUT2D eigenvalue weighted by molar-refractivity contribution is -0.133. The van der Waals surface area contributed by atoms with Crippen LogP contribution in [0.5, 0.6) is 0 Å². The zero-order valence-electron chi connectivity index (χ0n) is 12.9. The van der Waals surface area contributed by atoms with Gasteiger partial charge in [0.25, 0.3) is 0 Å². The number of aromatic nitrogens is 2. The predicted octanol–water partition coefficient (Wildman–Crippen LogP) is 2.63. The average Bonchev–Trinajstić information content (AvgIpc) is 2.80. The van der Waals surface area contributed by atoms with Gasteiger partial charge in [0.05, 0.1) is 5.75 Å². The molecule has 1 aromatic rings. The van der Waals surface area contributed by atoms with Crippen molar-refractivity contribution in [2.24, 2.45) is 0 Å². The van der Waals surface area contributed by atoms with Crippen LogP contribution in [0.1, 0.15) is 38.3 Å². The fourth-order valence-electron chi connectivity index (χ4n) is 2.87. The number of hydrogen-bond donors (Lipinski definition) is 1. The minimum Gasteiger partial charge on any atom is -0.481 e. The van der Waals surface area contributed by atoms with Crippen LogP contribution in [0.15, 0.2) is 11.4 Å². The molecular weight excluding hydrogens is 286 g/mol. The maximum atomic E-state index is 10.7. The maximum Gasteiger partial charge on any atom is 0.313 e. The Morgan fingerprint density at radius 1 is 1.48 bits per heavy atom. The SMILES string of the molecule is Cc1cnc(SCC(=O)O)n1CCCN1CCCCC1C. The molecule has 0 aliphatic carbocycles. The number of carboxylic acid groups (broad SMARTS) is 1. The standard InChI is InChI=1S/C15H25N3O2S/c1-12-6-3-4-7-17(12)8-5-9-18-13(2)10-16-15(18)21-11-14(19)20/h10,12H,3-9,11H2,1-2H3,(H,19,20). The van der Waals surface area contributed by atoms with E-state index in [9.17, 15) is 4.79 Å². The number of aryl methyl sites for hydroxylation is 1. The van der Waals surface area contributed by atoms with E-state index in [2.05, 4.69) is 21.4 Å². The van der Waals surface area contributed by atoms with Gasteiger partial charge in [-0.15, -0.1) is 0 Å². The summed E-state index contributed by atoms with van der Waals surface area (Å²) < 4.78 is 2.14. The molecule has 6 heteroatoms. The van der Waals surface area contributed by atoms with Crippen molar-refractivity contribution in [3.05, 3.63) is 11.9 Å². The molecule has 1 fully saturated rings. The maximum absolute atomic E-state index is 10.7. The summed E-state index contributed by atoms with van der Waals surface area (Å²) in [5, 5.41) is 9.60. The molecule has 1 aliphatic rings. The molecule has 0 spiro atoms. The third-order valence-electron chi connectivity index (χ3n) is 4.11. The van der Waals surface area contributed by atoms with Crippen LogP contribution in [0.2, 0.25) is 0 Å². The smallest absolute Gasteiger partial charge is 0.313 e. The summed E-state index contributed by atoms with van der Waals surface area (Å²) in [7, 11) is 0. The van der Waals surface area contributed by atoms with Crippen LogP contribution in [0, 0.1) is 6.92 Å². The van der Waals surface area contributed by atoms with Gasteiger partial charge in [0, 0.05) is 31.0 Å². The Hall–Kier alpha value is -1.01. The van der Waals surface area contributed by atoms with Gasteiger partial charge in [-0.2, -0.15) is 0 Å². The van der Waals surface area contributed by atoms with Crippen molar-refractivity contribution in [2.45, 2.75) is 57.3 Å². The van der Waals surface area contributed by atoms with Crippen LogP contribution in [0.3, 0.4) is 0 Å². The molecular formula is C15H25N3O2S. The van der Waals surface area contributed by atoms with Gasteiger partial charge in [-0.05, 0) is 39.7 Å². The zero-order chi connectivity index (χ0) is 15.2. The molecule has 0 saturated carbocycles. The molecule has 2 rings (SSSR count). The second-order valence-electron chi connectivity index (χ2n) is 5.75. The van der Waals surface area contributed by atoms with Gasteiger partial charge in [-0.25, -0.2) is 4.98 Å². The molecule has 1 unspecified atom stereocenters. The highest BCUT2D eigenvalue weighted by Crippen LogP contribution is 2.20. The second kappa shape index (κ2) is 7.84. The van der Waals surface area contributed by atoms with Crippen LogP contribution in [0.4, 0.5) is 0 Å². The van der Waals surface area contributed by atoms with E-state index in [4.69, 9.17) is 5.11 Å². The first-order valence-corrected chi connectivity index (χ1v) is 8.67. The first-order valence-electron chi connectivity index (χ1n) is 7.68. The summed E-state index contributed by atoms with van der Waals surface area (Å²) in [5.74, 6) is -0.728. The van der Waals surface area contributed by atoms with E-state index >= 15 is 0 Å². The van der Waals surface area contributed by atoms with Crippen LogP contribution in [0.25, 0.3) is 0 Å². The number of rotatable bonds is 7. The van der Waals surface area contributed by atoms with E-state index in [1.165, 1.54) is 37.6 Å². The third kappa shape index (κ3) is 4.74. The fraction of sp³-hybridized carbons (Fsp3) is 0.733. The number of likely N-dealkylation sites (tertiary alicyclic amines) is 1. The number of aliphatic carboxylic acids is 1. The molecule has 2 heterocycles. The number of piperidine rings is 1. The van der Waals surface area contributed by atoms with E-state index in [0.29, 0.717) is 6.04 Å². The summed E-state index contributed by atoms with van der Waals surface area (Å²) in [6.07, 6.45) is 6.89. The molecule has 5 nitrogen and oxygen atoms in total. The van der Waals surface area contributed by atoms with E-state index in [-0.39, 0.29) is 5.75 Å². The number of hydrogen-bond acceptors (Lipinski definition) is 4. The van der Waals surface area contributed by atoms with E-state index < -0.39 is 5.97 Å². The predicted molar refractivity (Wildman–Crippen MR) is 84.8 cm³/mol. The van der Waals surface area contributed by atoms with E-state index in [0.717, 1.165) is 30.4 Å². The van der Waals surface area contributed by atoms with Crippen molar-refractivity contribution in [3.8, 4) is 0 Å². The summed E-state index contributed by atoms with van der Waals surface area (Å²) in [6, 6.07) is 0.698. The van der Waals surface area contributed by atoms with Gasteiger partial charge in [-0.3, -0.25) is 4.79 Å². The Labute approximate surface area is 130 Å². The monoisotopic (exact) mass is 311 g/mol. The lowest BCUT2D eigenvalue weighted by Gasteiger charge is -2.33. The number of imidazole rings is 1. The lowest BCUT2D eigenvalue weighted by atomic mass is 10.0. The van der Waals surface area contributed by atoms with Gasteiger partial charge >= 0.3 is 5.97 Å². The van der Waals surface area contributed by atoms with E-state index in [1.807, 2.05) is 13.1 Å². The molecule has 1 atom stereocenters. The van der Waals surface area contributed by atoms with E-state index in [1.54, 1.807) is 0 Å². The molecule has 1 saturated heterocycles. The van der Waals surface area contributed by atoms with Crippen molar-refractivity contribution < 1.29 is 9.90 Å². The number of carboxylic acids is 1. The number of nitrogens with zero attached hydrogens (tertiary/aromatic N) is 3. The van der Waals surface area contributed by atoms with Crippen LogP contribution in [-0.4, -0.2) is 50.4 Å². The molecule has 118 valence electrons. The molecule has 1 aliphatic heterocycles. The van der Waals surface area contributed by atoms with Crippen LogP contribution in [-0.2, 0) is 11.3 Å². The first kappa shape index (κ1) is 16.4. The molecule has 0 bridgehead atoms. The lowest BCUT2D eigenvalue weighted by Crippen LogP contribution is -2.38. The molecule has 0 radical (unpaired) electrons. The van der Waals surface area contributed by atoms with Crippen LogP contribution >= 0.6 is 11.8 Å². The van der Waals surface area contributed by atoms with Crippen molar-refractivity contribution >= 4 is 17.7 Å². The molecule has 21 heavy (non-hydrogen) atoms. The summed E-state index contributed by atoms with van der Waals surface area (Å²) >= 11 is 1.30. The Morgan fingerprint density at radius 2 is 2.29 bits per heavy atom. The van der Waals surface area contributed by atoms with Gasteiger partial charge in [0.2, 0.25) is 0 Å². The number of carbonyl (C=O) groups is 1. The second-order valence-corrected chi connectivity index (χ2v) is 6.69.